The second-order valence-corrected chi connectivity index (χ2v) is 8.49. The van der Waals surface area contributed by atoms with Gasteiger partial charge < -0.3 is 0 Å². The van der Waals surface area contributed by atoms with E-state index in [2.05, 4.69) is 76.5 Å². The number of fused-ring (bicyclic) bond motifs is 1. The van der Waals surface area contributed by atoms with Gasteiger partial charge in [-0.3, -0.25) is 14.6 Å². The molecule has 1 unspecified atom stereocenters. The smallest absolute Gasteiger partial charge is 0.188 e. The van der Waals surface area contributed by atoms with E-state index in [1.54, 1.807) is 0 Å². The molecule has 3 aromatic rings. The summed E-state index contributed by atoms with van der Waals surface area (Å²) < 4.78 is 0. The lowest BCUT2D eigenvalue weighted by Crippen LogP contribution is -2.52. The molecule has 1 heterocycles. The minimum Gasteiger partial charge on any atom is -0.298 e. The number of rotatable bonds is 4. The first-order valence-electron chi connectivity index (χ1n) is 11.0. The van der Waals surface area contributed by atoms with Crippen molar-refractivity contribution in [1.29, 1.82) is 0 Å². The van der Waals surface area contributed by atoms with Gasteiger partial charge in [0.05, 0.1) is 0 Å². The first-order chi connectivity index (χ1) is 14.8. The molecule has 3 nitrogen and oxygen atoms in total. The summed E-state index contributed by atoms with van der Waals surface area (Å²) in [4.78, 5) is 18.8. The van der Waals surface area contributed by atoms with Crippen LogP contribution in [0.5, 0.6) is 0 Å². The van der Waals surface area contributed by atoms with Gasteiger partial charge in [-0.2, -0.15) is 0 Å². The first kappa shape index (κ1) is 19.2. The van der Waals surface area contributed by atoms with E-state index >= 15 is 0 Å². The van der Waals surface area contributed by atoms with Gasteiger partial charge in [0.2, 0.25) is 0 Å². The summed E-state index contributed by atoms with van der Waals surface area (Å²) in [6.45, 7) is 4.87. The SMILES string of the molecule is O=C1c2ccccc2CC1(c1ccccc1)N1CCCN(Cc2ccccc2)CC1. The topological polar surface area (TPSA) is 23.6 Å². The fourth-order valence-corrected chi connectivity index (χ4v) is 5.21. The Kier molecular flexibility index (Phi) is 5.24. The molecule has 5 rings (SSSR count). The summed E-state index contributed by atoms with van der Waals surface area (Å²) in [5.74, 6) is 0.265. The van der Waals surface area contributed by atoms with Crippen LogP contribution in [0.15, 0.2) is 84.9 Å². The van der Waals surface area contributed by atoms with Crippen LogP contribution in [-0.4, -0.2) is 41.8 Å². The molecule has 152 valence electrons. The fourth-order valence-electron chi connectivity index (χ4n) is 5.21. The van der Waals surface area contributed by atoms with Crippen LogP contribution in [0.3, 0.4) is 0 Å². The zero-order chi connectivity index (χ0) is 20.4. The van der Waals surface area contributed by atoms with Crippen LogP contribution in [0.2, 0.25) is 0 Å². The van der Waals surface area contributed by atoms with Crippen LogP contribution in [0.4, 0.5) is 0 Å². The van der Waals surface area contributed by atoms with Crippen molar-refractivity contribution < 1.29 is 4.79 Å². The molecule has 3 aromatic carbocycles. The van der Waals surface area contributed by atoms with E-state index in [-0.39, 0.29) is 5.78 Å². The minimum atomic E-state index is -0.576. The van der Waals surface area contributed by atoms with Crippen LogP contribution in [0, 0.1) is 0 Å². The molecule has 2 aliphatic rings. The van der Waals surface area contributed by atoms with Crippen molar-refractivity contribution >= 4 is 5.78 Å². The molecule has 0 N–H and O–H groups in total. The number of carbonyl (C=O) groups excluding carboxylic acids is 1. The van der Waals surface area contributed by atoms with Crippen molar-refractivity contribution in [2.24, 2.45) is 0 Å². The van der Waals surface area contributed by atoms with Gasteiger partial charge in [-0.05, 0) is 29.7 Å². The molecule has 3 heteroatoms. The number of nitrogens with zero attached hydrogens (tertiary/aromatic N) is 2. The quantitative estimate of drug-likeness (QED) is 0.647. The Morgan fingerprint density at radius 1 is 0.733 bits per heavy atom. The molecule has 1 saturated heterocycles. The number of Topliss-reactive ketones (excluding diaryl/α,β-unsaturated/α-hetero) is 1. The molecule has 0 bridgehead atoms. The highest BCUT2D eigenvalue weighted by Crippen LogP contribution is 2.42. The standard InChI is InChI=1S/C27H28N2O/c30-26-25-15-8-7-12-23(25)20-27(26,24-13-5-2-6-14-24)29-17-9-16-28(18-19-29)21-22-10-3-1-4-11-22/h1-8,10-15H,9,16-21H2. The van der Waals surface area contributed by atoms with E-state index in [0.717, 1.165) is 56.7 Å². The van der Waals surface area contributed by atoms with Crippen LogP contribution in [-0.2, 0) is 18.5 Å². The molecule has 0 aromatic heterocycles. The summed E-state index contributed by atoms with van der Waals surface area (Å²) in [7, 11) is 0. The van der Waals surface area contributed by atoms with Gasteiger partial charge in [-0.1, -0.05) is 84.9 Å². The zero-order valence-electron chi connectivity index (χ0n) is 17.3. The first-order valence-corrected chi connectivity index (χ1v) is 11.0. The van der Waals surface area contributed by atoms with Crippen molar-refractivity contribution in [3.05, 3.63) is 107 Å². The normalized spacial score (nSPS) is 22.6. The van der Waals surface area contributed by atoms with Crippen molar-refractivity contribution in [1.82, 2.24) is 9.80 Å². The third-order valence-electron chi connectivity index (χ3n) is 6.71. The average Bonchev–Trinajstić information content (AvgIpc) is 2.93. The highest BCUT2D eigenvalue weighted by Gasteiger charge is 2.50. The highest BCUT2D eigenvalue weighted by molar-refractivity contribution is 6.08. The molecule has 1 atom stereocenters. The zero-order valence-corrected chi connectivity index (χ0v) is 17.3. The number of benzene rings is 3. The Balaban J connectivity index is 1.44. The third kappa shape index (κ3) is 3.38. The second kappa shape index (κ2) is 8.17. The summed E-state index contributed by atoms with van der Waals surface area (Å²) >= 11 is 0. The third-order valence-corrected chi connectivity index (χ3v) is 6.71. The van der Waals surface area contributed by atoms with E-state index in [9.17, 15) is 4.79 Å². The van der Waals surface area contributed by atoms with E-state index in [1.807, 2.05) is 18.2 Å². The maximum atomic E-state index is 13.8. The summed E-state index contributed by atoms with van der Waals surface area (Å²) in [6, 6.07) is 29.3. The van der Waals surface area contributed by atoms with Crippen molar-refractivity contribution in [3.8, 4) is 0 Å². The number of carbonyl (C=O) groups is 1. The van der Waals surface area contributed by atoms with Crippen LogP contribution >= 0.6 is 0 Å². The van der Waals surface area contributed by atoms with Gasteiger partial charge in [0, 0.05) is 38.2 Å². The van der Waals surface area contributed by atoms with E-state index in [0.29, 0.717) is 0 Å². The highest BCUT2D eigenvalue weighted by atomic mass is 16.1. The fraction of sp³-hybridized carbons (Fsp3) is 0.296. The molecule has 1 fully saturated rings. The maximum absolute atomic E-state index is 13.8. The van der Waals surface area contributed by atoms with Gasteiger partial charge >= 0.3 is 0 Å². The predicted octanol–water partition coefficient (Wildman–Crippen LogP) is 4.53. The molecule has 0 spiro atoms. The second-order valence-electron chi connectivity index (χ2n) is 8.49. The average molecular weight is 397 g/mol. The lowest BCUT2D eigenvalue weighted by Gasteiger charge is -2.40. The van der Waals surface area contributed by atoms with Crippen LogP contribution < -0.4 is 0 Å². The molecular weight excluding hydrogens is 368 g/mol. The monoisotopic (exact) mass is 396 g/mol. The molecule has 0 saturated carbocycles. The summed E-state index contributed by atoms with van der Waals surface area (Å²) in [5.41, 5.74) is 3.98. The number of hydrogen-bond donors (Lipinski definition) is 0. The van der Waals surface area contributed by atoms with E-state index < -0.39 is 5.54 Å². The van der Waals surface area contributed by atoms with Gasteiger partial charge in [0.15, 0.2) is 5.78 Å². The Morgan fingerprint density at radius 3 is 2.20 bits per heavy atom. The molecular formula is C27H28N2O. The van der Waals surface area contributed by atoms with Crippen molar-refractivity contribution in [3.63, 3.8) is 0 Å². The Bertz CT molecular complexity index is 1020. The summed E-state index contributed by atoms with van der Waals surface area (Å²) in [5, 5.41) is 0. The lowest BCUT2D eigenvalue weighted by atomic mass is 9.83. The van der Waals surface area contributed by atoms with E-state index in [1.165, 1.54) is 11.1 Å². The Hall–Kier alpha value is -2.75. The largest absolute Gasteiger partial charge is 0.298 e. The molecule has 0 amide bonds. The minimum absolute atomic E-state index is 0.265. The number of hydrogen-bond acceptors (Lipinski definition) is 3. The van der Waals surface area contributed by atoms with E-state index in [4.69, 9.17) is 0 Å². The Labute approximate surface area is 178 Å². The van der Waals surface area contributed by atoms with Gasteiger partial charge in [-0.25, -0.2) is 0 Å². The number of ketones is 1. The molecule has 1 aliphatic heterocycles. The summed E-state index contributed by atoms with van der Waals surface area (Å²) in [6.07, 6.45) is 1.84. The lowest BCUT2D eigenvalue weighted by molar-refractivity contribution is 0.0573. The predicted molar refractivity (Wildman–Crippen MR) is 121 cm³/mol. The van der Waals surface area contributed by atoms with Crippen LogP contribution in [0.25, 0.3) is 0 Å². The van der Waals surface area contributed by atoms with Gasteiger partial charge in [0.25, 0.3) is 0 Å². The molecule has 0 radical (unpaired) electrons. The van der Waals surface area contributed by atoms with Crippen molar-refractivity contribution in [2.45, 2.75) is 24.9 Å². The van der Waals surface area contributed by atoms with Crippen molar-refractivity contribution in [2.75, 3.05) is 26.2 Å². The maximum Gasteiger partial charge on any atom is 0.188 e. The molecule has 1 aliphatic carbocycles. The van der Waals surface area contributed by atoms with Crippen LogP contribution in [0.1, 0.15) is 33.5 Å². The van der Waals surface area contributed by atoms with Gasteiger partial charge in [0.1, 0.15) is 5.54 Å². The van der Waals surface area contributed by atoms with Gasteiger partial charge in [-0.15, -0.1) is 0 Å². The molecule has 30 heavy (non-hydrogen) atoms. The Morgan fingerprint density at radius 2 is 1.43 bits per heavy atom.